The van der Waals surface area contributed by atoms with Crippen LogP contribution in [0.1, 0.15) is 151 Å². The molecule has 288 valence electrons. The molecule has 0 bridgehead atoms. The average molecular weight is 857 g/mol. The van der Waals surface area contributed by atoms with E-state index in [4.69, 9.17) is 0 Å². The summed E-state index contributed by atoms with van der Waals surface area (Å²) < 4.78 is 6.73. The summed E-state index contributed by atoms with van der Waals surface area (Å²) in [5.41, 5.74) is 18.2. The first kappa shape index (κ1) is 43.2. The number of halogens is 2. The van der Waals surface area contributed by atoms with Crippen molar-refractivity contribution in [3.05, 3.63) is 129 Å². The molecule has 1 fully saturated rings. The molecule has 54 heavy (non-hydrogen) atoms. The number of hydrogen-bond donors (Lipinski definition) is 0. The van der Waals surface area contributed by atoms with Gasteiger partial charge in [0.1, 0.15) is 0 Å². The fourth-order valence-corrected chi connectivity index (χ4v) is 31.0. The Morgan fingerprint density at radius 2 is 1.15 bits per heavy atom. The summed E-state index contributed by atoms with van der Waals surface area (Å²) in [6.07, 6.45) is 18.3. The van der Waals surface area contributed by atoms with Gasteiger partial charge in [-0.3, -0.25) is 0 Å². The van der Waals surface area contributed by atoms with Crippen molar-refractivity contribution in [3.8, 4) is 22.3 Å². The van der Waals surface area contributed by atoms with Crippen LogP contribution < -0.4 is 0 Å². The summed E-state index contributed by atoms with van der Waals surface area (Å²) in [6.45, 7) is 14.5. The Morgan fingerprint density at radius 3 is 1.70 bits per heavy atom. The molecule has 0 radical (unpaired) electrons. The van der Waals surface area contributed by atoms with E-state index in [2.05, 4.69) is 148 Å². The van der Waals surface area contributed by atoms with E-state index >= 15 is 0 Å². The van der Waals surface area contributed by atoms with Gasteiger partial charge in [-0.15, -0.1) is 24.8 Å². The first-order chi connectivity index (χ1) is 25.0. The van der Waals surface area contributed by atoms with Crippen LogP contribution in [-0.4, -0.2) is 6.88 Å². The van der Waals surface area contributed by atoms with E-state index in [9.17, 15) is 0 Å². The summed E-state index contributed by atoms with van der Waals surface area (Å²) in [5, 5.41) is 0. The Kier molecular flexibility index (Phi) is 14.1. The Hall–Kier alpha value is -1.96. The van der Waals surface area contributed by atoms with Crippen molar-refractivity contribution in [1.82, 2.24) is 0 Å². The van der Waals surface area contributed by atoms with Crippen LogP contribution in [0.5, 0.6) is 0 Å². The molecule has 4 heteroatoms. The molecule has 3 aliphatic carbocycles. The van der Waals surface area contributed by atoms with E-state index in [1.165, 1.54) is 96.7 Å². The largest absolute Gasteiger partial charge is 0.147 e. The number of hydrogen-bond acceptors (Lipinski definition) is 0. The fraction of sp³-hybridized carbons (Fsp3) is 0.440. The molecule has 0 nitrogen and oxygen atoms in total. The maximum Gasteiger partial charge on any atom is -0.147 e. The van der Waals surface area contributed by atoms with Gasteiger partial charge < -0.3 is 0 Å². The van der Waals surface area contributed by atoms with Crippen LogP contribution in [-0.2, 0) is 17.4 Å². The first-order valence-electron chi connectivity index (χ1n) is 21.0. The summed E-state index contributed by atoms with van der Waals surface area (Å²) >= 11 is -3.75. The molecule has 0 heterocycles. The number of benzene rings is 4. The normalized spacial score (nSPS) is 19.5. The van der Waals surface area contributed by atoms with Crippen molar-refractivity contribution in [1.29, 1.82) is 0 Å². The predicted octanol–water partition coefficient (Wildman–Crippen LogP) is 15.6. The van der Waals surface area contributed by atoms with Crippen LogP contribution in [0.2, 0.25) is 9.26 Å². The third kappa shape index (κ3) is 8.08. The second-order valence-corrected chi connectivity index (χ2v) is 48.6. The van der Waals surface area contributed by atoms with Gasteiger partial charge in [-0.25, -0.2) is 0 Å². The van der Waals surface area contributed by atoms with Gasteiger partial charge in [-0.05, 0) is 0 Å². The van der Waals surface area contributed by atoms with Crippen LogP contribution in [0.3, 0.4) is 0 Å². The van der Waals surface area contributed by atoms with E-state index in [0.717, 1.165) is 12.3 Å². The number of rotatable bonds is 12. The molecule has 1 saturated carbocycles. The molecule has 4 aromatic rings. The molecule has 0 N–H and O–H groups in total. The molecule has 0 aromatic heterocycles. The van der Waals surface area contributed by atoms with Crippen molar-refractivity contribution in [2.45, 2.75) is 127 Å². The monoisotopic (exact) mass is 854 g/mol. The summed E-state index contributed by atoms with van der Waals surface area (Å²) in [6, 6.07) is 33.9. The van der Waals surface area contributed by atoms with Gasteiger partial charge in [0.15, 0.2) is 0 Å². The van der Waals surface area contributed by atoms with Gasteiger partial charge in [0.05, 0.1) is 0 Å². The van der Waals surface area contributed by atoms with Crippen molar-refractivity contribution in [3.63, 3.8) is 0 Å². The van der Waals surface area contributed by atoms with Crippen molar-refractivity contribution < 1.29 is 17.4 Å². The van der Waals surface area contributed by atoms with Crippen molar-refractivity contribution in [2.24, 2.45) is 5.92 Å². The van der Waals surface area contributed by atoms with Crippen LogP contribution >= 0.6 is 24.8 Å². The van der Waals surface area contributed by atoms with E-state index in [1.54, 1.807) is 27.8 Å². The third-order valence-corrected chi connectivity index (χ3v) is 31.1. The van der Waals surface area contributed by atoms with Gasteiger partial charge in [0.2, 0.25) is 0 Å². The molecule has 0 saturated heterocycles. The Morgan fingerprint density at radius 1 is 0.630 bits per heavy atom. The Bertz CT molecular complexity index is 2040. The average Bonchev–Trinajstić information content (AvgIpc) is 3.77. The molecule has 0 spiro atoms. The molecule has 4 aromatic carbocycles. The molecule has 4 unspecified atom stereocenters. The smallest absolute Gasteiger partial charge is 0.147 e. The maximum absolute atomic E-state index is 3.75. The van der Waals surface area contributed by atoms with Crippen molar-refractivity contribution in [2.75, 3.05) is 0 Å². The minimum absolute atomic E-state index is 0. The summed E-state index contributed by atoms with van der Waals surface area (Å²) in [5.74, 6) is 1.94. The van der Waals surface area contributed by atoms with E-state index in [1.807, 2.05) is 0 Å². The summed E-state index contributed by atoms with van der Waals surface area (Å²) in [4.78, 5) is 0. The molecular formula is C50H66Cl2SiZr. The van der Waals surface area contributed by atoms with Gasteiger partial charge in [-0.1, -0.05) is 0 Å². The van der Waals surface area contributed by atoms with E-state index in [0.29, 0.717) is 19.1 Å². The van der Waals surface area contributed by atoms with Crippen LogP contribution in [0.15, 0.2) is 96.1 Å². The molecule has 4 atom stereocenters. The molecule has 0 amide bonds. The minimum atomic E-state index is -3.75. The Balaban J connectivity index is 0.00000280. The number of fused-ring (bicyclic) bond motifs is 2. The maximum atomic E-state index is 2.83. The quantitative estimate of drug-likeness (QED) is 0.125. The van der Waals surface area contributed by atoms with E-state index < -0.39 is 17.4 Å². The standard InChI is InChI=1S/C26H31.C22H25.2CH3.2ClH.H2Si.Zr/c1-3-8-19(2)24-17-23-11-7-12-25(26(23)18-24)22-15-13-21(14-16-22)20-9-5-4-6-10-20;1-4-7-16(3)18-10-12-19(13-11-18)21-9-6-8-20-14-17(5-2)15-22(20)21;;;;;;/h7,11-20H,3-6,8-10H2,1-2H3;6,8-16H,4-5,7H2,1-3H3;2*1H3;2*1H;1H2;. The van der Waals surface area contributed by atoms with Gasteiger partial charge in [0.25, 0.3) is 0 Å². The second-order valence-electron chi connectivity index (χ2n) is 18.1. The zero-order valence-corrected chi connectivity index (χ0v) is 39.7. The zero-order chi connectivity index (χ0) is 36.6. The van der Waals surface area contributed by atoms with Crippen LogP contribution in [0, 0.1) is 5.92 Å². The molecule has 7 rings (SSSR count). The topological polar surface area (TPSA) is 0 Å². The van der Waals surface area contributed by atoms with Crippen molar-refractivity contribution >= 4 is 43.8 Å². The molecule has 0 aliphatic heterocycles. The number of allylic oxidation sites excluding steroid dienone is 2. The van der Waals surface area contributed by atoms with Crippen LogP contribution in [0.4, 0.5) is 0 Å². The Labute approximate surface area is 343 Å². The summed E-state index contributed by atoms with van der Waals surface area (Å²) in [7, 11) is 0. The third-order valence-electron chi connectivity index (χ3n) is 13.7. The molecule has 3 aliphatic rings. The SMILES string of the molecule is CCCC(C)C1=Cc2c(-c3ccc(C4CCCCC4)cc3)cccc2[CH]1[Zr]([CH3])([CH3])(=[SiH2])[CH]1C(CC)=Cc2c(-c3ccc(C(C)CCC)cc3)cccc21.Cl.Cl. The molecular weight excluding hydrogens is 791 g/mol. The van der Waals surface area contributed by atoms with Crippen LogP contribution in [0.25, 0.3) is 34.4 Å². The first-order valence-corrected chi connectivity index (χ1v) is 34.7. The predicted molar refractivity (Wildman–Crippen MR) is 243 cm³/mol. The van der Waals surface area contributed by atoms with Gasteiger partial charge in [-0.2, -0.15) is 0 Å². The second kappa shape index (κ2) is 17.7. The van der Waals surface area contributed by atoms with E-state index in [-0.39, 0.29) is 24.8 Å². The zero-order valence-electron chi connectivity index (χ0n) is 34.2. The van der Waals surface area contributed by atoms with Gasteiger partial charge >= 0.3 is 321 Å². The van der Waals surface area contributed by atoms with Gasteiger partial charge in [0, 0.05) is 0 Å². The minimum Gasteiger partial charge on any atom is -0.147 e. The fourth-order valence-electron chi connectivity index (χ4n) is 11.0.